The van der Waals surface area contributed by atoms with Gasteiger partial charge in [0.15, 0.2) is 5.69 Å². The van der Waals surface area contributed by atoms with Crippen LogP contribution in [0.1, 0.15) is 28.3 Å². The number of nitrogens with one attached hydrogen (secondary N) is 1. The number of aryl methyl sites for hydroxylation is 1. The van der Waals surface area contributed by atoms with Gasteiger partial charge in [-0.15, -0.1) is 0 Å². The molecule has 1 aliphatic rings. The van der Waals surface area contributed by atoms with Crippen LogP contribution in [0, 0.1) is 23.5 Å². The molecule has 0 saturated carbocycles. The van der Waals surface area contributed by atoms with Gasteiger partial charge in [-0.1, -0.05) is 42.5 Å². The van der Waals surface area contributed by atoms with Gasteiger partial charge in [0.2, 0.25) is 5.88 Å². The molecule has 1 aliphatic heterocycles. The van der Waals surface area contributed by atoms with Gasteiger partial charge >= 0.3 is 0 Å². The summed E-state index contributed by atoms with van der Waals surface area (Å²) in [5.74, 6) is -0.655. The van der Waals surface area contributed by atoms with Crippen LogP contribution in [0.2, 0.25) is 0 Å². The molecule has 0 fully saturated rings. The lowest BCUT2D eigenvalue weighted by atomic mass is 9.84. The fourth-order valence-electron chi connectivity index (χ4n) is 3.83. The Morgan fingerprint density at radius 3 is 2.65 bits per heavy atom. The number of hydrogen-bond acceptors (Lipinski definition) is 6. The molecular formula is C23H20N4O4. The number of nitrogens with zero attached hydrogens (tertiary/aromatic N) is 2. The number of ether oxygens (including phenoxy) is 1. The smallest absolute Gasteiger partial charge is 0.259 e. The van der Waals surface area contributed by atoms with Crippen LogP contribution in [0.4, 0.5) is 5.69 Å². The molecule has 2 atom stereocenters. The Hall–Kier alpha value is -3.90. The zero-order valence-corrected chi connectivity index (χ0v) is 16.7. The van der Waals surface area contributed by atoms with E-state index in [0.717, 1.165) is 5.56 Å². The lowest BCUT2D eigenvalue weighted by Gasteiger charge is -2.27. The van der Waals surface area contributed by atoms with Crippen molar-refractivity contribution in [1.29, 1.82) is 5.26 Å². The number of fused-ring (bicyclic) bond motifs is 1. The number of nitriles is 1. The average Bonchev–Trinajstić information content (AvgIpc) is 2.76. The molecule has 8 heteroatoms. The van der Waals surface area contributed by atoms with Crippen LogP contribution in [0.5, 0.6) is 5.75 Å². The van der Waals surface area contributed by atoms with Gasteiger partial charge in [-0.3, -0.25) is 4.79 Å². The van der Waals surface area contributed by atoms with Crippen LogP contribution < -0.4 is 21.3 Å². The quantitative estimate of drug-likeness (QED) is 0.557. The van der Waals surface area contributed by atoms with Crippen LogP contribution in [-0.2, 0) is 6.54 Å². The molecule has 156 valence electrons. The van der Waals surface area contributed by atoms with Gasteiger partial charge in [-0.2, -0.15) is 10.5 Å². The molecule has 0 aliphatic carbocycles. The number of quaternary nitrogens is 1. The van der Waals surface area contributed by atoms with Crippen molar-refractivity contribution < 1.29 is 15.2 Å². The van der Waals surface area contributed by atoms with Crippen molar-refractivity contribution in [2.45, 2.75) is 19.4 Å². The molecule has 1 aromatic heterocycles. The minimum Gasteiger partial charge on any atom is -0.595 e. The fourth-order valence-corrected chi connectivity index (χ4v) is 3.83. The number of rotatable bonds is 4. The predicted octanol–water partition coefficient (Wildman–Crippen LogP) is 1.83. The van der Waals surface area contributed by atoms with E-state index in [0.29, 0.717) is 17.8 Å². The maximum Gasteiger partial charge on any atom is 0.259 e. The van der Waals surface area contributed by atoms with Gasteiger partial charge in [-0.25, -0.2) is 5.21 Å². The zero-order chi connectivity index (χ0) is 22.1. The Morgan fingerprint density at radius 1 is 1.23 bits per heavy atom. The van der Waals surface area contributed by atoms with E-state index >= 15 is 0 Å². The van der Waals surface area contributed by atoms with E-state index in [2.05, 4.69) is 0 Å². The molecule has 2 aromatic carbocycles. The van der Waals surface area contributed by atoms with Crippen LogP contribution in [-0.4, -0.2) is 9.77 Å². The van der Waals surface area contributed by atoms with E-state index in [4.69, 9.17) is 10.5 Å². The van der Waals surface area contributed by atoms with Crippen LogP contribution in [0.3, 0.4) is 0 Å². The molecule has 31 heavy (non-hydrogen) atoms. The van der Waals surface area contributed by atoms with Crippen molar-refractivity contribution in [2.24, 2.45) is 5.73 Å². The molecule has 2 heterocycles. The minimum absolute atomic E-state index is 0.0538. The topological polar surface area (TPSA) is 129 Å². The monoisotopic (exact) mass is 416 g/mol. The third-order valence-corrected chi connectivity index (χ3v) is 5.34. The zero-order valence-electron chi connectivity index (χ0n) is 16.7. The van der Waals surface area contributed by atoms with Gasteiger partial charge in [-0.05, 0) is 18.1 Å². The lowest BCUT2D eigenvalue weighted by Crippen LogP contribution is -2.99. The van der Waals surface area contributed by atoms with Crippen molar-refractivity contribution in [1.82, 2.24) is 4.57 Å². The van der Waals surface area contributed by atoms with E-state index < -0.39 is 11.1 Å². The molecule has 1 unspecified atom stereocenters. The number of hydrogen-bond donors (Lipinski definition) is 3. The van der Waals surface area contributed by atoms with Gasteiger partial charge in [0.05, 0.1) is 18.0 Å². The standard InChI is InChI=1S/C23H20N4O4/c1-14-10-19-21(23(28)26(14)13-15-6-3-2-4-7-15)20(18(12-24)22(25)31-19)16-8-5-9-17(11-16)27(29)30/h2-11,20,27,29H,13,25H2,1H3/t20-/m1/s1. The molecular weight excluding hydrogens is 396 g/mol. The average molecular weight is 416 g/mol. The summed E-state index contributed by atoms with van der Waals surface area (Å²) in [7, 11) is 0. The summed E-state index contributed by atoms with van der Waals surface area (Å²) in [4.78, 5) is 13.6. The van der Waals surface area contributed by atoms with Crippen LogP contribution in [0.25, 0.3) is 0 Å². The highest BCUT2D eigenvalue weighted by Gasteiger charge is 2.34. The Kier molecular flexibility index (Phi) is 5.31. The van der Waals surface area contributed by atoms with Crippen LogP contribution >= 0.6 is 0 Å². The third kappa shape index (κ3) is 3.69. The van der Waals surface area contributed by atoms with Crippen LogP contribution in [0.15, 0.2) is 76.9 Å². The highest BCUT2D eigenvalue weighted by atomic mass is 16.8. The van der Waals surface area contributed by atoms with E-state index in [1.807, 2.05) is 36.4 Å². The molecule has 0 amide bonds. The number of pyridine rings is 1. The summed E-state index contributed by atoms with van der Waals surface area (Å²) in [6, 6.07) is 19.5. The van der Waals surface area contributed by atoms with Crippen molar-refractivity contribution in [3.8, 4) is 11.8 Å². The maximum absolute atomic E-state index is 13.6. The van der Waals surface area contributed by atoms with Crippen molar-refractivity contribution in [2.75, 3.05) is 0 Å². The largest absolute Gasteiger partial charge is 0.595 e. The van der Waals surface area contributed by atoms with E-state index in [9.17, 15) is 20.5 Å². The first-order valence-electron chi connectivity index (χ1n) is 9.59. The molecule has 8 nitrogen and oxygen atoms in total. The number of aromatic nitrogens is 1. The lowest BCUT2D eigenvalue weighted by molar-refractivity contribution is -0.991. The molecule has 4 rings (SSSR count). The normalized spacial score (nSPS) is 16.3. The molecule has 0 bridgehead atoms. The Balaban J connectivity index is 1.93. The number of allylic oxidation sites excluding steroid dienone is 1. The molecule has 0 saturated heterocycles. The summed E-state index contributed by atoms with van der Waals surface area (Å²) in [6.07, 6.45) is 0. The first-order valence-corrected chi connectivity index (χ1v) is 9.59. The second-order valence-corrected chi connectivity index (χ2v) is 7.30. The molecule has 4 N–H and O–H groups in total. The summed E-state index contributed by atoms with van der Waals surface area (Å²) < 4.78 is 7.25. The second kappa shape index (κ2) is 8.08. The number of benzene rings is 2. The molecule has 0 spiro atoms. The molecule has 0 radical (unpaired) electrons. The van der Waals surface area contributed by atoms with Crippen molar-refractivity contribution in [3.05, 3.63) is 110 Å². The molecule has 3 aromatic rings. The third-order valence-electron chi connectivity index (χ3n) is 5.34. The second-order valence-electron chi connectivity index (χ2n) is 7.30. The van der Waals surface area contributed by atoms with E-state index in [1.165, 1.54) is 12.1 Å². The van der Waals surface area contributed by atoms with Gasteiger partial charge in [0, 0.05) is 23.9 Å². The highest BCUT2D eigenvalue weighted by molar-refractivity contribution is 5.56. The van der Waals surface area contributed by atoms with Gasteiger partial charge in [0.25, 0.3) is 5.56 Å². The van der Waals surface area contributed by atoms with Crippen molar-refractivity contribution in [3.63, 3.8) is 0 Å². The predicted molar refractivity (Wildman–Crippen MR) is 112 cm³/mol. The number of nitrogens with two attached hydrogens (primary N) is 1. The first-order chi connectivity index (χ1) is 14.9. The van der Waals surface area contributed by atoms with Gasteiger partial charge < -0.3 is 20.2 Å². The highest BCUT2D eigenvalue weighted by Crippen LogP contribution is 2.40. The summed E-state index contributed by atoms with van der Waals surface area (Å²) in [5, 5.41) is 29.5. The Bertz CT molecular complexity index is 1270. The van der Waals surface area contributed by atoms with Gasteiger partial charge in [0.1, 0.15) is 17.4 Å². The fraction of sp³-hybridized carbons (Fsp3) is 0.130. The Morgan fingerprint density at radius 2 is 1.97 bits per heavy atom. The summed E-state index contributed by atoms with van der Waals surface area (Å²) >= 11 is 0. The maximum atomic E-state index is 13.6. The van der Waals surface area contributed by atoms with E-state index in [1.54, 1.807) is 29.7 Å². The van der Waals surface area contributed by atoms with E-state index in [-0.39, 0.29) is 34.0 Å². The first kappa shape index (κ1) is 20.4. The Labute approximate surface area is 178 Å². The van der Waals surface area contributed by atoms with Crippen molar-refractivity contribution >= 4 is 5.69 Å². The SMILES string of the molecule is Cc1cc2c(c(=O)n1Cc1ccccc1)[C@H](c1cccc([NH+]([O-])O)c1)C(C#N)=C(N)O2. The summed E-state index contributed by atoms with van der Waals surface area (Å²) in [6.45, 7) is 2.15. The minimum atomic E-state index is -1.10. The summed E-state index contributed by atoms with van der Waals surface area (Å²) in [5.41, 5.74) is 8.18.